The largest absolute Gasteiger partial charge is 0.481 e. The summed E-state index contributed by atoms with van der Waals surface area (Å²) in [6, 6.07) is 0. The monoisotopic (exact) mass is 402 g/mol. The van der Waals surface area contributed by atoms with Crippen LogP contribution >= 0.6 is 0 Å². The maximum atomic E-state index is 12.9. The number of ketones is 2. The van der Waals surface area contributed by atoms with E-state index in [-0.39, 0.29) is 28.8 Å². The maximum Gasteiger partial charge on any atom is 0.303 e. The van der Waals surface area contributed by atoms with E-state index in [1.807, 2.05) is 0 Å². The number of aliphatic hydroxyl groups excluding tert-OH is 1. The van der Waals surface area contributed by atoms with Crippen molar-refractivity contribution in [2.24, 2.45) is 34.0 Å². The lowest BCUT2D eigenvalue weighted by Gasteiger charge is -2.60. The van der Waals surface area contributed by atoms with Crippen molar-refractivity contribution in [2.45, 2.75) is 84.7 Å². The third kappa shape index (κ3) is 2.79. The first-order valence-corrected chi connectivity index (χ1v) is 11.2. The van der Waals surface area contributed by atoms with Crippen molar-refractivity contribution in [1.82, 2.24) is 0 Å². The summed E-state index contributed by atoms with van der Waals surface area (Å²) in [7, 11) is 0. The molecule has 0 saturated heterocycles. The molecule has 5 nitrogen and oxygen atoms in total. The number of hydrogen-bond acceptors (Lipinski definition) is 4. The molecule has 4 aliphatic rings. The number of rotatable bonds is 4. The van der Waals surface area contributed by atoms with E-state index in [9.17, 15) is 24.6 Å². The first-order valence-electron chi connectivity index (χ1n) is 11.2. The SMILES string of the molecule is CC(=O)[C@@]1(CCC(=O)O)CC[C@H]2[C@@H]3CCC4=CC(=O)C(O)C[C@]4(C)[C@H]3CC[C@@]21C. The minimum absolute atomic E-state index is 0.0505. The molecule has 0 amide bonds. The fourth-order valence-corrected chi connectivity index (χ4v) is 8.24. The van der Waals surface area contributed by atoms with Gasteiger partial charge in [-0.1, -0.05) is 19.4 Å². The molecule has 7 atom stereocenters. The van der Waals surface area contributed by atoms with Crippen LogP contribution in [0.4, 0.5) is 0 Å². The molecule has 0 aromatic rings. The third-order valence-corrected chi connectivity index (χ3v) is 9.80. The van der Waals surface area contributed by atoms with E-state index in [0.717, 1.165) is 38.5 Å². The average Bonchev–Trinajstić information content (AvgIpc) is 2.95. The summed E-state index contributed by atoms with van der Waals surface area (Å²) >= 11 is 0. The molecule has 5 heteroatoms. The Balaban J connectivity index is 1.67. The zero-order valence-electron chi connectivity index (χ0n) is 17.9. The second-order valence-corrected chi connectivity index (χ2v) is 10.7. The van der Waals surface area contributed by atoms with E-state index in [0.29, 0.717) is 30.6 Å². The fourth-order valence-electron chi connectivity index (χ4n) is 8.24. The highest BCUT2D eigenvalue weighted by Crippen LogP contribution is 2.71. The number of fused-ring (bicyclic) bond motifs is 5. The van der Waals surface area contributed by atoms with Gasteiger partial charge in [0.15, 0.2) is 5.78 Å². The minimum Gasteiger partial charge on any atom is -0.481 e. The number of aliphatic hydroxyl groups is 1. The Hall–Kier alpha value is -1.49. The molecule has 0 spiro atoms. The predicted molar refractivity (Wildman–Crippen MR) is 108 cm³/mol. The average molecular weight is 403 g/mol. The van der Waals surface area contributed by atoms with Crippen molar-refractivity contribution in [3.05, 3.63) is 11.6 Å². The van der Waals surface area contributed by atoms with Crippen LogP contribution in [0.1, 0.15) is 78.6 Å². The molecule has 0 radical (unpaired) electrons. The van der Waals surface area contributed by atoms with Crippen LogP contribution in [0.15, 0.2) is 11.6 Å². The Labute approximate surface area is 172 Å². The van der Waals surface area contributed by atoms with Crippen LogP contribution in [0, 0.1) is 34.0 Å². The van der Waals surface area contributed by atoms with Crippen LogP contribution in [0.5, 0.6) is 0 Å². The van der Waals surface area contributed by atoms with Crippen molar-refractivity contribution < 1.29 is 24.6 Å². The van der Waals surface area contributed by atoms with Gasteiger partial charge in [0, 0.05) is 11.8 Å². The van der Waals surface area contributed by atoms with Gasteiger partial charge in [0.25, 0.3) is 0 Å². The molecule has 0 aliphatic heterocycles. The van der Waals surface area contributed by atoms with E-state index < -0.39 is 17.5 Å². The Bertz CT molecular complexity index is 784. The van der Waals surface area contributed by atoms with E-state index in [4.69, 9.17) is 0 Å². The number of carboxylic acid groups (broad SMARTS) is 1. The van der Waals surface area contributed by atoms with Crippen molar-refractivity contribution in [3.63, 3.8) is 0 Å². The van der Waals surface area contributed by atoms with Crippen LogP contribution in [0.25, 0.3) is 0 Å². The van der Waals surface area contributed by atoms with E-state index in [1.165, 1.54) is 5.57 Å². The summed E-state index contributed by atoms with van der Waals surface area (Å²) in [5.74, 6) is 0.484. The molecule has 29 heavy (non-hydrogen) atoms. The molecule has 0 heterocycles. The highest BCUT2D eigenvalue weighted by Gasteiger charge is 2.65. The zero-order valence-corrected chi connectivity index (χ0v) is 17.9. The topological polar surface area (TPSA) is 91.7 Å². The van der Waals surface area contributed by atoms with Crippen LogP contribution in [0.3, 0.4) is 0 Å². The van der Waals surface area contributed by atoms with Gasteiger partial charge in [-0.05, 0) is 93.0 Å². The van der Waals surface area contributed by atoms with Crippen molar-refractivity contribution in [3.8, 4) is 0 Å². The molecule has 2 N–H and O–H groups in total. The van der Waals surface area contributed by atoms with E-state index in [1.54, 1.807) is 13.0 Å². The lowest BCUT2D eigenvalue weighted by Crippen LogP contribution is -2.55. The number of carbonyl (C=O) groups excluding carboxylic acids is 2. The number of Topliss-reactive ketones (excluding diaryl/α,β-unsaturated/α-hetero) is 1. The standard InChI is InChI=1S/C24H34O5/c1-14(25)24(11-8-21(28)29)10-7-18-16-5-4-15-12-19(26)20(27)13-22(15,2)17(16)6-9-23(18,24)3/h12,16-18,20,27H,4-11,13H2,1-3H3,(H,28,29)/t16-,17+,18+,20?,22+,23+,24+/m1/s1. The Morgan fingerprint density at radius 1 is 1.14 bits per heavy atom. The van der Waals surface area contributed by atoms with Gasteiger partial charge in [-0.25, -0.2) is 0 Å². The van der Waals surface area contributed by atoms with Gasteiger partial charge in [-0.15, -0.1) is 0 Å². The smallest absolute Gasteiger partial charge is 0.303 e. The molecule has 3 fully saturated rings. The Kier molecular flexibility index (Phi) is 4.84. The number of carbonyl (C=O) groups is 3. The second kappa shape index (κ2) is 6.76. The lowest BCUT2D eigenvalue weighted by molar-refractivity contribution is -0.147. The molecule has 4 aliphatic carbocycles. The van der Waals surface area contributed by atoms with Gasteiger partial charge < -0.3 is 10.2 Å². The first kappa shape index (κ1) is 20.8. The van der Waals surface area contributed by atoms with Crippen LogP contribution in [-0.4, -0.2) is 33.9 Å². The number of hydrogen-bond donors (Lipinski definition) is 2. The highest BCUT2D eigenvalue weighted by molar-refractivity contribution is 5.95. The third-order valence-electron chi connectivity index (χ3n) is 9.80. The number of aliphatic carboxylic acids is 1. The molecular weight excluding hydrogens is 368 g/mol. The Morgan fingerprint density at radius 2 is 1.83 bits per heavy atom. The minimum atomic E-state index is -0.897. The molecule has 160 valence electrons. The lowest BCUT2D eigenvalue weighted by atomic mass is 9.44. The number of allylic oxidation sites excluding steroid dienone is 1. The van der Waals surface area contributed by atoms with E-state index >= 15 is 0 Å². The molecule has 3 saturated carbocycles. The van der Waals surface area contributed by atoms with Gasteiger partial charge in [0.1, 0.15) is 11.9 Å². The fraction of sp³-hybridized carbons (Fsp3) is 0.792. The van der Waals surface area contributed by atoms with Crippen molar-refractivity contribution in [1.29, 1.82) is 0 Å². The van der Waals surface area contributed by atoms with E-state index in [2.05, 4.69) is 13.8 Å². The van der Waals surface area contributed by atoms with Gasteiger partial charge in [0.05, 0.1) is 0 Å². The molecule has 4 rings (SSSR count). The molecule has 0 aromatic carbocycles. The number of carboxylic acids is 1. The summed E-state index contributed by atoms with van der Waals surface area (Å²) in [5.41, 5.74) is 0.385. The maximum absolute atomic E-state index is 12.9. The van der Waals surface area contributed by atoms with Crippen LogP contribution in [-0.2, 0) is 14.4 Å². The van der Waals surface area contributed by atoms with Gasteiger partial charge >= 0.3 is 5.97 Å². The van der Waals surface area contributed by atoms with Crippen molar-refractivity contribution >= 4 is 17.5 Å². The molecular formula is C24H34O5. The van der Waals surface area contributed by atoms with Crippen LogP contribution < -0.4 is 0 Å². The summed E-state index contributed by atoms with van der Waals surface area (Å²) in [4.78, 5) is 36.3. The summed E-state index contributed by atoms with van der Waals surface area (Å²) in [6.07, 6.45) is 7.41. The van der Waals surface area contributed by atoms with Crippen molar-refractivity contribution in [2.75, 3.05) is 0 Å². The quantitative estimate of drug-likeness (QED) is 0.743. The van der Waals surface area contributed by atoms with Gasteiger partial charge in [0.2, 0.25) is 0 Å². The van der Waals surface area contributed by atoms with Gasteiger partial charge in [-0.3, -0.25) is 14.4 Å². The normalized spacial score (nSPS) is 46.3. The Morgan fingerprint density at radius 3 is 2.48 bits per heavy atom. The zero-order chi connectivity index (χ0) is 21.2. The van der Waals surface area contributed by atoms with Crippen LogP contribution in [0.2, 0.25) is 0 Å². The molecule has 1 unspecified atom stereocenters. The highest BCUT2D eigenvalue weighted by atomic mass is 16.4. The molecule has 0 bridgehead atoms. The summed E-state index contributed by atoms with van der Waals surface area (Å²) < 4.78 is 0. The second-order valence-electron chi connectivity index (χ2n) is 10.7. The first-order chi connectivity index (χ1) is 13.5. The summed E-state index contributed by atoms with van der Waals surface area (Å²) in [5, 5.41) is 19.6. The summed E-state index contributed by atoms with van der Waals surface area (Å²) in [6.45, 7) is 6.14. The predicted octanol–water partition coefficient (Wildman–Crippen LogP) is 3.93. The molecule has 0 aromatic heterocycles. The van der Waals surface area contributed by atoms with Gasteiger partial charge in [-0.2, -0.15) is 0 Å².